The van der Waals surface area contributed by atoms with Gasteiger partial charge in [-0.25, -0.2) is 4.98 Å². The molecule has 3 heteroatoms. The molecule has 0 radical (unpaired) electrons. The molecular weight excluding hydrogens is 288 g/mol. The second-order valence-corrected chi connectivity index (χ2v) is 5.98. The van der Waals surface area contributed by atoms with Crippen molar-refractivity contribution in [1.29, 1.82) is 0 Å². The van der Waals surface area contributed by atoms with Gasteiger partial charge in [-0.05, 0) is 46.8 Å². The molecule has 1 heterocycles. The smallest absolute Gasteiger partial charge is 0.0720 e. The zero-order valence-electron chi connectivity index (χ0n) is 10.9. The van der Waals surface area contributed by atoms with Gasteiger partial charge in [0.2, 0.25) is 0 Å². The van der Waals surface area contributed by atoms with Gasteiger partial charge in [0, 0.05) is 15.9 Å². The minimum Gasteiger partial charge on any atom is -0.323 e. The van der Waals surface area contributed by atoms with Crippen LogP contribution in [0, 0.1) is 5.92 Å². The normalized spacial score (nSPS) is 13.2. The molecule has 2 N–H and O–H groups in total. The molecule has 2 aromatic rings. The van der Waals surface area contributed by atoms with Crippen molar-refractivity contribution in [2.24, 2.45) is 11.7 Å². The van der Waals surface area contributed by atoms with Crippen LogP contribution >= 0.6 is 15.9 Å². The van der Waals surface area contributed by atoms with E-state index in [0.29, 0.717) is 5.92 Å². The van der Waals surface area contributed by atoms with E-state index in [0.717, 1.165) is 33.9 Å². The predicted molar refractivity (Wildman–Crippen MR) is 80.4 cm³/mol. The number of nitrogens with zero attached hydrogens (tertiary/aromatic N) is 1. The molecule has 0 saturated heterocycles. The first kappa shape index (κ1) is 13.5. The van der Waals surface area contributed by atoms with Gasteiger partial charge in [0.05, 0.1) is 11.2 Å². The van der Waals surface area contributed by atoms with E-state index < -0.39 is 0 Å². The Balaban J connectivity index is 2.29. The average Bonchev–Trinajstić information content (AvgIpc) is 2.35. The van der Waals surface area contributed by atoms with Crippen LogP contribution < -0.4 is 5.73 Å². The lowest BCUT2D eigenvalue weighted by atomic mass is 10.0. The topological polar surface area (TPSA) is 38.9 Å². The summed E-state index contributed by atoms with van der Waals surface area (Å²) in [5, 5.41) is 1.14. The highest BCUT2D eigenvalue weighted by Crippen LogP contribution is 2.27. The minimum absolute atomic E-state index is 0.00591. The Bertz CT molecular complexity index is 537. The fourth-order valence-electron chi connectivity index (χ4n) is 2.01. The molecule has 0 saturated carbocycles. The maximum atomic E-state index is 6.24. The van der Waals surface area contributed by atoms with Gasteiger partial charge in [0.1, 0.15) is 0 Å². The zero-order valence-corrected chi connectivity index (χ0v) is 12.4. The van der Waals surface area contributed by atoms with Gasteiger partial charge in [-0.2, -0.15) is 0 Å². The summed E-state index contributed by atoms with van der Waals surface area (Å²) in [6, 6.07) is 10.2. The average molecular weight is 307 g/mol. The van der Waals surface area contributed by atoms with Crippen molar-refractivity contribution in [2.75, 3.05) is 0 Å². The number of benzene rings is 1. The van der Waals surface area contributed by atoms with Crippen LogP contribution in [0.2, 0.25) is 0 Å². The molecule has 0 bridgehead atoms. The van der Waals surface area contributed by atoms with E-state index >= 15 is 0 Å². The van der Waals surface area contributed by atoms with Crippen LogP contribution in [0.5, 0.6) is 0 Å². The summed E-state index contributed by atoms with van der Waals surface area (Å²) in [7, 11) is 0. The molecule has 0 aliphatic rings. The summed E-state index contributed by atoms with van der Waals surface area (Å²) in [5.74, 6) is 0.676. The van der Waals surface area contributed by atoms with Crippen molar-refractivity contribution in [1.82, 2.24) is 4.98 Å². The number of aromatic nitrogens is 1. The molecule has 2 nitrogen and oxygen atoms in total. The number of pyridine rings is 1. The highest BCUT2D eigenvalue weighted by atomic mass is 79.9. The first-order valence-electron chi connectivity index (χ1n) is 6.38. The van der Waals surface area contributed by atoms with E-state index in [1.165, 1.54) is 0 Å². The first-order chi connectivity index (χ1) is 8.58. The summed E-state index contributed by atoms with van der Waals surface area (Å²) >= 11 is 3.58. The lowest BCUT2D eigenvalue weighted by Crippen LogP contribution is -2.13. The second-order valence-electron chi connectivity index (χ2n) is 5.13. The van der Waals surface area contributed by atoms with Gasteiger partial charge in [-0.3, -0.25) is 0 Å². The van der Waals surface area contributed by atoms with Crippen molar-refractivity contribution in [3.05, 3.63) is 40.5 Å². The molecule has 2 rings (SSSR count). The van der Waals surface area contributed by atoms with E-state index in [1.807, 2.05) is 18.2 Å². The Morgan fingerprint density at radius 3 is 2.67 bits per heavy atom. The van der Waals surface area contributed by atoms with E-state index in [1.54, 1.807) is 0 Å². The molecule has 1 aromatic carbocycles. The van der Waals surface area contributed by atoms with E-state index in [2.05, 4.69) is 46.9 Å². The van der Waals surface area contributed by atoms with Crippen LogP contribution in [-0.4, -0.2) is 4.98 Å². The zero-order chi connectivity index (χ0) is 13.1. The van der Waals surface area contributed by atoms with Crippen LogP contribution in [-0.2, 0) is 0 Å². The lowest BCUT2D eigenvalue weighted by Gasteiger charge is -2.15. The largest absolute Gasteiger partial charge is 0.323 e. The third kappa shape index (κ3) is 3.09. The fourth-order valence-corrected chi connectivity index (χ4v) is 2.64. The van der Waals surface area contributed by atoms with Crippen LogP contribution in [0.4, 0.5) is 0 Å². The van der Waals surface area contributed by atoms with Crippen molar-refractivity contribution in [2.45, 2.75) is 32.7 Å². The number of rotatable bonds is 4. The summed E-state index contributed by atoms with van der Waals surface area (Å²) < 4.78 is 1.01. The summed E-state index contributed by atoms with van der Waals surface area (Å²) in [4.78, 5) is 4.68. The summed E-state index contributed by atoms with van der Waals surface area (Å²) in [5.41, 5.74) is 8.22. The van der Waals surface area contributed by atoms with E-state index in [-0.39, 0.29) is 6.04 Å². The Hall–Kier alpha value is -0.930. The molecule has 0 fully saturated rings. The van der Waals surface area contributed by atoms with Crippen LogP contribution in [0.25, 0.3) is 10.9 Å². The van der Waals surface area contributed by atoms with E-state index in [9.17, 15) is 0 Å². The maximum absolute atomic E-state index is 6.24. The fraction of sp³-hybridized carbons (Fsp3) is 0.400. The molecule has 1 unspecified atom stereocenters. The molecule has 1 atom stereocenters. The van der Waals surface area contributed by atoms with Crippen molar-refractivity contribution < 1.29 is 0 Å². The number of fused-ring (bicyclic) bond motifs is 1. The van der Waals surface area contributed by atoms with Gasteiger partial charge in [-0.15, -0.1) is 0 Å². The molecule has 0 amide bonds. The lowest BCUT2D eigenvalue weighted by molar-refractivity contribution is 0.501. The second kappa shape index (κ2) is 5.81. The monoisotopic (exact) mass is 306 g/mol. The van der Waals surface area contributed by atoms with Crippen molar-refractivity contribution >= 4 is 26.8 Å². The van der Waals surface area contributed by atoms with Crippen LogP contribution in [0.1, 0.15) is 38.4 Å². The number of nitrogens with two attached hydrogens (primary N) is 1. The van der Waals surface area contributed by atoms with Gasteiger partial charge in [0.15, 0.2) is 0 Å². The van der Waals surface area contributed by atoms with Gasteiger partial charge in [0.25, 0.3) is 0 Å². The van der Waals surface area contributed by atoms with Crippen LogP contribution in [0.15, 0.2) is 34.8 Å². The third-order valence-electron chi connectivity index (χ3n) is 3.11. The third-order valence-corrected chi connectivity index (χ3v) is 3.75. The van der Waals surface area contributed by atoms with Gasteiger partial charge < -0.3 is 5.73 Å². The molecular formula is C15H19BrN2. The molecule has 0 spiro atoms. The standard InChI is InChI=1S/C15H19BrN2/c1-10(2)7-8-13(17)15-12(16)9-11-5-3-4-6-14(11)18-15/h3-6,9-10,13H,7-8,17H2,1-2H3. The Kier molecular flexibility index (Phi) is 4.36. The number of halogens is 1. The molecule has 1 aromatic heterocycles. The number of para-hydroxylation sites is 1. The SMILES string of the molecule is CC(C)CCC(N)c1nc2ccccc2cc1Br. The van der Waals surface area contributed by atoms with Gasteiger partial charge >= 0.3 is 0 Å². The Morgan fingerprint density at radius 1 is 1.22 bits per heavy atom. The molecule has 0 aliphatic heterocycles. The predicted octanol–water partition coefficient (Wildman–Crippen LogP) is 4.43. The van der Waals surface area contributed by atoms with Crippen molar-refractivity contribution in [3.8, 4) is 0 Å². The summed E-state index contributed by atoms with van der Waals surface area (Å²) in [6.07, 6.45) is 2.10. The van der Waals surface area contributed by atoms with Crippen LogP contribution in [0.3, 0.4) is 0 Å². The highest BCUT2D eigenvalue weighted by molar-refractivity contribution is 9.10. The highest BCUT2D eigenvalue weighted by Gasteiger charge is 2.13. The minimum atomic E-state index is 0.00591. The first-order valence-corrected chi connectivity index (χ1v) is 7.18. The van der Waals surface area contributed by atoms with E-state index in [4.69, 9.17) is 5.73 Å². The molecule has 18 heavy (non-hydrogen) atoms. The number of hydrogen-bond donors (Lipinski definition) is 1. The van der Waals surface area contributed by atoms with Crippen molar-refractivity contribution in [3.63, 3.8) is 0 Å². The maximum Gasteiger partial charge on any atom is 0.0720 e. The number of hydrogen-bond acceptors (Lipinski definition) is 2. The quantitative estimate of drug-likeness (QED) is 0.907. The molecule has 96 valence electrons. The molecule has 0 aliphatic carbocycles. The Labute approximate surface area is 117 Å². The van der Waals surface area contributed by atoms with Gasteiger partial charge in [-0.1, -0.05) is 32.0 Å². The Morgan fingerprint density at radius 2 is 1.94 bits per heavy atom. The summed E-state index contributed by atoms with van der Waals surface area (Å²) in [6.45, 7) is 4.44.